The van der Waals surface area contributed by atoms with Crippen LogP contribution in [0.25, 0.3) is 11.4 Å². The van der Waals surface area contributed by atoms with Crippen LogP contribution < -0.4 is 5.32 Å². The summed E-state index contributed by atoms with van der Waals surface area (Å²) in [4.78, 5) is 22.8. The zero-order chi connectivity index (χ0) is 15.5. The Hall–Kier alpha value is -2.77. The quantitative estimate of drug-likeness (QED) is 0.750. The van der Waals surface area contributed by atoms with E-state index >= 15 is 0 Å². The number of carboxylic acid groups (broad SMARTS) is 1. The number of aromatic nitrogens is 4. The monoisotopic (exact) mass is 289 g/mol. The molecule has 110 valence electrons. The van der Waals surface area contributed by atoms with Crippen molar-refractivity contribution in [2.75, 3.05) is 0 Å². The number of carboxylic acids is 1. The average Bonchev–Trinajstić information content (AvgIpc) is 2.90. The summed E-state index contributed by atoms with van der Waals surface area (Å²) in [5.41, 5.74) is 0.334. The molecular weight excluding hydrogens is 274 g/mol. The highest BCUT2D eigenvalue weighted by atomic mass is 16.4. The first-order valence-electron chi connectivity index (χ1n) is 6.25. The van der Waals surface area contributed by atoms with Crippen LogP contribution in [0, 0.1) is 0 Å². The van der Waals surface area contributed by atoms with Crippen LogP contribution in [0.3, 0.4) is 0 Å². The van der Waals surface area contributed by atoms with Gasteiger partial charge in [-0.2, -0.15) is 5.21 Å². The minimum atomic E-state index is -0.965. The topological polar surface area (TPSA) is 121 Å². The molecule has 2 rings (SSSR count). The molecular formula is C13H15N5O3. The largest absolute Gasteiger partial charge is 0.481 e. The SMILES string of the molecule is CC(C)(CC(=O)O)NC(=O)c1ccc(-c2nn[nH]n2)cc1. The van der Waals surface area contributed by atoms with Crippen molar-refractivity contribution in [3.05, 3.63) is 29.8 Å². The third-order valence-electron chi connectivity index (χ3n) is 2.80. The zero-order valence-electron chi connectivity index (χ0n) is 11.6. The smallest absolute Gasteiger partial charge is 0.305 e. The number of hydrogen-bond donors (Lipinski definition) is 3. The van der Waals surface area contributed by atoms with E-state index in [4.69, 9.17) is 5.11 Å². The number of aromatic amines is 1. The Balaban J connectivity index is 2.08. The van der Waals surface area contributed by atoms with E-state index in [0.717, 1.165) is 5.56 Å². The highest BCUT2D eigenvalue weighted by Crippen LogP contribution is 2.15. The van der Waals surface area contributed by atoms with E-state index in [0.29, 0.717) is 11.4 Å². The molecule has 1 aromatic heterocycles. The van der Waals surface area contributed by atoms with Crippen molar-refractivity contribution in [1.29, 1.82) is 0 Å². The molecule has 0 spiro atoms. The summed E-state index contributed by atoms with van der Waals surface area (Å²) < 4.78 is 0. The van der Waals surface area contributed by atoms with E-state index in [1.807, 2.05) is 0 Å². The number of H-pyrrole nitrogens is 1. The van der Waals surface area contributed by atoms with Crippen LogP contribution in [-0.2, 0) is 4.79 Å². The first kappa shape index (κ1) is 14.6. The number of nitrogens with one attached hydrogen (secondary N) is 2. The van der Waals surface area contributed by atoms with E-state index in [1.54, 1.807) is 38.1 Å². The Bertz CT molecular complexity index is 634. The van der Waals surface area contributed by atoms with Crippen LogP contribution in [0.4, 0.5) is 0 Å². The number of nitrogens with zero attached hydrogens (tertiary/aromatic N) is 3. The van der Waals surface area contributed by atoms with Gasteiger partial charge in [0.25, 0.3) is 5.91 Å². The van der Waals surface area contributed by atoms with Gasteiger partial charge in [-0.05, 0) is 31.2 Å². The molecule has 0 unspecified atom stereocenters. The molecule has 0 aliphatic carbocycles. The summed E-state index contributed by atoms with van der Waals surface area (Å²) in [7, 11) is 0. The number of benzene rings is 1. The fraction of sp³-hybridized carbons (Fsp3) is 0.308. The summed E-state index contributed by atoms with van der Waals surface area (Å²) in [6, 6.07) is 6.64. The molecule has 0 saturated heterocycles. The maximum Gasteiger partial charge on any atom is 0.305 e. The number of aliphatic carboxylic acids is 1. The molecule has 0 atom stereocenters. The van der Waals surface area contributed by atoms with Gasteiger partial charge in [-0.15, -0.1) is 10.2 Å². The second-order valence-electron chi connectivity index (χ2n) is 5.22. The van der Waals surface area contributed by atoms with Crippen molar-refractivity contribution in [2.45, 2.75) is 25.8 Å². The van der Waals surface area contributed by atoms with Crippen LogP contribution in [0.1, 0.15) is 30.6 Å². The molecule has 8 heteroatoms. The molecule has 1 amide bonds. The molecule has 21 heavy (non-hydrogen) atoms. The Morgan fingerprint density at radius 1 is 1.29 bits per heavy atom. The lowest BCUT2D eigenvalue weighted by molar-refractivity contribution is -0.138. The lowest BCUT2D eigenvalue weighted by Gasteiger charge is -2.24. The number of rotatable bonds is 5. The predicted octanol–water partition coefficient (Wildman–Crippen LogP) is 0.850. The van der Waals surface area contributed by atoms with Crippen molar-refractivity contribution in [2.24, 2.45) is 0 Å². The van der Waals surface area contributed by atoms with Crippen LogP contribution >= 0.6 is 0 Å². The Morgan fingerprint density at radius 2 is 1.95 bits per heavy atom. The van der Waals surface area contributed by atoms with Gasteiger partial charge >= 0.3 is 5.97 Å². The van der Waals surface area contributed by atoms with Crippen LogP contribution in [0.2, 0.25) is 0 Å². The van der Waals surface area contributed by atoms with Crippen LogP contribution in [0.5, 0.6) is 0 Å². The van der Waals surface area contributed by atoms with Crippen LogP contribution in [-0.4, -0.2) is 43.1 Å². The van der Waals surface area contributed by atoms with Crippen molar-refractivity contribution in [3.8, 4) is 11.4 Å². The molecule has 0 radical (unpaired) electrons. The highest BCUT2D eigenvalue weighted by molar-refractivity contribution is 5.95. The first-order valence-corrected chi connectivity index (χ1v) is 6.25. The number of hydrogen-bond acceptors (Lipinski definition) is 5. The molecule has 3 N–H and O–H groups in total. The Kier molecular flexibility index (Phi) is 3.97. The lowest BCUT2D eigenvalue weighted by Crippen LogP contribution is -2.44. The Labute approximate surface area is 120 Å². The molecule has 0 saturated carbocycles. The lowest BCUT2D eigenvalue weighted by atomic mass is 10.00. The van der Waals surface area contributed by atoms with Gasteiger partial charge in [0.15, 0.2) is 0 Å². The van der Waals surface area contributed by atoms with Gasteiger partial charge in [-0.1, -0.05) is 12.1 Å². The molecule has 0 aliphatic rings. The van der Waals surface area contributed by atoms with E-state index in [2.05, 4.69) is 25.9 Å². The highest BCUT2D eigenvalue weighted by Gasteiger charge is 2.24. The van der Waals surface area contributed by atoms with E-state index in [-0.39, 0.29) is 12.3 Å². The van der Waals surface area contributed by atoms with Crippen molar-refractivity contribution in [3.63, 3.8) is 0 Å². The molecule has 8 nitrogen and oxygen atoms in total. The first-order chi connectivity index (χ1) is 9.87. The van der Waals surface area contributed by atoms with Crippen molar-refractivity contribution < 1.29 is 14.7 Å². The number of amides is 1. The summed E-state index contributed by atoms with van der Waals surface area (Å²) in [5.74, 6) is -0.859. The van der Waals surface area contributed by atoms with Crippen LogP contribution in [0.15, 0.2) is 24.3 Å². The minimum Gasteiger partial charge on any atom is -0.481 e. The van der Waals surface area contributed by atoms with Gasteiger partial charge in [-0.25, -0.2) is 0 Å². The predicted molar refractivity (Wildman–Crippen MR) is 73.4 cm³/mol. The molecule has 0 aliphatic heterocycles. The number of tetrazole rings is 1. The van der Waals surface area contributed by atoms with Gasteiger partial charge in [-0.3, -0.25) is 9.59 Å². The van der Waals surface area contributed by atoms with Crippen molar-refractivity contribution in [1.82, 2.24) is 25.9 Å². The molecule has 2 aromatic rings. The van der Waals surface area contributed by atoms with Gasteiger partial charge in [0, 0.05) is 16.7 Å². The Morgan fingerprint density at radius 3 is 2.48 bits per heavy atom. The van der Waals surface area contributed by atoms with Crippen molar-refractivity contribution >= 4 is 11.9 Å². The number of carbonyl (C=O) groups is 2. The maximum atomic E-state index is 12.1. The summed E-state index contributed by atoms with van der Waals surface area (Å²) in [6.07, 6.45) is -0.153. The normalized spacial score (nSPS) is 11.1. The summed E-state index contributed by atoms with van der Waals surface area (Å²) in [6.45, 7) is 3.32. The standard InChI is InChI=1S/C13H15N5O3/c1-13(2,7-10(19)20)14-12(21)9-5-3-8(4-6-9)11-15-17-18-16-11/h3-6H,7H2,1-2H3,(H,14,21)(H,19,20)(H,15,16,17,18). The summed E-state index contributed by atoms with van der Waals surface area (Å²) in [5, 5.41) is 25.0. The second-order valence-corrected chi connectivity index (χ2v) is 5.22. The molecule has 0 fully saturated rings. The van der Waals surface area contributed by atoms with Gasteiger partial charge < -0.3 is 10.4 Å². The van der Waals surface area contributed by atoms with Gasteiger partial charge in [0.2, 0.25) is 5.82 Å². The third-order valence-corrected chi connectivity index (χ3v) is 2.80. The maximum absolute atomic E-state index is 12.1. The molecule has 1 heterocycles. The summed E-state index contributed by atoms with van der Waals surface area (Å²) >= 11 is 0. The molecule has 1 aromatic carbocycles. The van der Waals surface area contributed by atoms with E-state index in [9.17, 15) is 9.59 Å². The third kappa shape index (κ3) is 3.85. The second kappa shape index (κ2) is 5.70. The fourth-order valence-electron chi connectivity index (χ4n) is 1.86. The van der Waals surface area contributed by atoms with E-state index < -0.39 is 11.5 Å². The van der Waals surface area contributed by atoms with Gasteiger partial charge in [0.1, 0.15) is 0 Å². The van der Waals surface area contributed by atoms with E-state index in [1.165, 1.54) is 0 Å². The van der Waals surface area contributed by atoms with Gasteiger partial charge in [0.05, 0.1) is 6.42 Å². The molecule has 0 bridgehead atoms. The fourth-order valence-corrected chi connectivity index (χ4v) is 1.86. The average molecular weight is 289 g/mol. The zero-order valence-corrected chi connectivity index (χ0v) is 11.6. The minimum absolute atomic E-state index is 0.153. The number of carbonyl (C=O) groups excluding carboxylic acids is 1.